The number of halogens is 2. The smallest absolute Gasteiger partial charge is 0.225 e. The number of methoxy groups -OCH3 is 1. The summed E-state index contributed by atoms with van der Waals surface area (Å²) < 4.78 is 5.23. The van der Waals surface area contributed by atoms with E-state index in [4.69, 9.17) is 27.9 Å². The number of fused-ring (bicyclic) bond motifs is 1. The Morgan fingerprint density at radius 3 is 2.68 bits per heavy atom. The van der Waals surface area contributed by atoms with Crippen LogP contribution in [0.15, 0.2) is 18.2 Å². The number of thiophene rings is 1. The third-order valence-electron chi connectivity index (χ3n) is 3.43. The van der Waals surface area contributed by atoms with Crippen LogP contribution in [0.4, 0.5) is 11.5 Å². The lowest BCUT2D eigenvalue weighted by atomic mass is 10.2. The summed E-state index contributed by atoms with van der Waals surface area (Å²) in [6.07, 6.45) is 0. The third-order valence-corrected chi connectivity index (χ3v) is 5.03. The average molecular weight is 354 g/mol. The van der Waals surface area contributed by atoms with Gasteiger partial charge in [-0.05, 0) is 43.1 Å². The number of aromatic nitrogens is 2. The summed E-state index contributed by atoms with van der Waals surface area (Å²) >= 11 is 13.9. The number of hydrogen-bond acceptors (Lipinski definition) is 5. The van der Waals surface area contributed by atoms with Crippen LogP contribution in [0, 0.1) is 13.8 Å². The van der Waals surface area contributed by atoms with Gasteiger partial charge in [-0.3, -0.25) is 0 Å². The number of rotatable bonds is 3. The van der Waals surface area contributed by atoms with Crippen LogP contribution in [0.25, 0.3) is 10.2 Å². The van der Waals surface area contributed by atoms with Crippen molar-refractivity contribution < 1.29 is 4.74 Å². The number of hydrogen-bond donors (Lipinski definition) is 1. The first-order chi connectivity index (χ1) is 10.5. The van der Waals surface area contributed by atoms with Crippen molar-refractivity contribution in [2.45, 2.75) is 13.8 Å². The van der Waals surface area contributed by atoms with Crippen molar-refractivity contribution in [1.29, 1.82) is 0 Å². The molecule has 0 radical (unpaired) electrons. The molecule has 0 aliphatic heterocycles. The molecule has 0 bridgehead atoms. The summed E-state index contributed by atoms with van der Waals surface area (Å²) in [7, 11) is 1.61. The molecule has 7 heteroatoms. The second-order valence-corrected chi connectivity index (χ2v) is 6.72. The van der Waals surface area contributed by atoms with E-state index in [9.17, 15) is 0 Å². The van der Waals surface area contributed by atoms with E-state index in [1.807, 2.05) is 13.0 Å². The molecular weight excluding hydrogens is 341 g/mol. The second-order valence-electron chi connectivity index (χ2n) is 4.78. The minimum atomic E-state index is 0.204. The number of ether oxygens (including phenoxy) is 1. The van der Waals surface area contributed by atoms with Gasteiger partial charge in [0, 0.05) is 10.9 Å². The van der Waals surface area contributed by atoms with Crippen LogP contribution in [0.2, 0.25) is 10.3 Å². The molecule has 0 fully saturated rings. The summed E-state index contributed by atoms with van der Waals surface area (Å²) in [5.41, 5.74) is 1.85. The van der Waals surface area contributed by atoms with Crippen LogP contribution < -0.4 is 10.1 Å². The Labute approximate surface area is 142 Å². The van der Waals surface area contributed by atoms with E-state index >= 15 is 0 Å². The molecule has 0 atom stereocenters. The van der Waals surface area contributed by atoms with Crippen LogP contribution in [0.1, 0.15) is 10.4 Å². The lowest BCUT2D eigenvalue weighted by Gasteiger charge is -2.11. The molecule has 0 unspecified atom stereocenters. The number of nitrogens with one attached hydrogen (secondary N) is 1. The highest BCUT2D eigenvalue weighted by molar-refractivity contribution is 7.18. The second kappa shape index (κ2) is 5.91. The number of aryl methyl sites for hydroxylation is 2. The lowest BCUT2D eigenvalue weighted by Crippen LogP contribution is -1.98. The molecule has 22 heavy (non-hydrogen) atoms. The molecule has 0 saturated carbocycles. The highest BCUT2D eigenvalue weighted by Crippen LogP contribution is 2.37. The first-order valence-corrected chi connectivity index (χ1v) is 8.10. The maximum Gasteiger partial charge on any atom is 0.225 e. The van der Waals surface area contributed by atoms with Gasteiger partial charge in [0.2, 0.25) is 5.28 Å². The molecule has 0 aliphatic carbocycles. The van der Waals surface area contributed by atoms with Gasteiger partial charge in [-0.25, -0.2) is 4.98 Å². The zero-order valence-electron chi connectivity index (χ0n) is 12.2. The number of anilines is 2. The first-order valence-electron chi connectivity index (χ1n) is 6.53. The predicted molar refractivity (Wildman–Crippen MR) is 93.2 cm³/mol. The van der Waals surface area contributed by atoms with Crippen LogP contribution in [-0.2, 0) is 0 Å². The summed E-state index contributed by atoms with van der Waals surface area (Å²) in [6.45, 7) is 4.10. The molecule has 2 heterocycles. The minimum Gasteiger partial charge on any atom is -0.497 e. The molecule has 2 aromatic heterocycles. The summed E-state index contributed by atoms with van der Waals surface area (Å²) in [5.74, 6) is 1.36. The van der Waals surface area contributed by atoms with E-state index < -0.39 is 0 Å². The van der Waals surface area contributed by atoms with Crippen LogP contribution >= 0.6 is 34.5 Å². The Morgan fingerprint density at radius 2 is 1.95 bits per heavy atom. The van der Waals surface area contributed by atoms with Crippen LogP contribution in [-0.4, -0.2) is 17.1 Å². The summed E-state index contributed by atoms with van der Waals surface area (Å²) in [6, 6.07) is 5.39. The molecule has 0 aliphatic rings. The van der Waals surface area contributed by atoms with Crippen molar-refractivity contribution in [3.63, 3.8) is 0 Å². The first kappa shape index (κ1) is 15.3. The minimum absolute atomic E-state index is 0.204. The monoisotopic (exact) mass is 353 g/mol. The maximum atomic E-state index is 6.25. The molecule has 114 valence electrons. The lowest BCUT2D eigenvalue weighted by molar-refractivity contribution is 0.415. The van der Waals surface area contributed by atoms with Gasteiger partial charge in [-0.2, -0.15) is 4.98 Å². The fraction of sp³-hybridized carbons (Fsp3) is 0.200. The van der Waals surface area contributed by atoms with Gasteiger partial charge in [0.25, 0.3) is 0 Å². The van der Waals surface area contributed by atoms with Gasteiger partial charge >= 0.3 is 0 Å². The van der Waals surface area contributed by atoms with E-state index in [-0.39, 0.29) is 5.28 Å². The molecule has 4 nitrogen and oxygen atoms in total. The van der Waals surface area contributed by atoms with Gasteiger partial charge in [0.1, 0.15) is 16.4 Å². The van der Waals surface area contributed by atoms with Crippen molar-refractivity contribution in [2.24, 2.45) is 0 Å². The Hall–Kier alpha value is -1.56. The van der Waals surface area contributed by atoms with Crippen molar-refractivity contribution in [2.75, 3.05) is 12.4 Å². The molecule has 1 N–H and O–H groups in total. The van der Waals surface area contributed by atoms with Gasteiger partial charge in [0.05, 0.1) is 23.2 Å². The molecule has 1 aromatic carbocycles. The van der Waals surface area contributed by atoms with E-state index in [1.54, 1.807) is 30.6 Å². The Bertz CT molecular complexity index is 864. The average Bonchev–Trinajstić information content (AvgIpc) is 2.76. The van der Waals surface area contributed by atoms with Gasteiger partial charge in [-0.1, -0.05) is 11.6 Å². The topological polar surface area (TPSA) is 47.0 Å². The number of benzene rings is 1. The zero-order valence-corrected chi connectivity index (χ0v) is 14.5. The third kappa shape index (κ3) is 2.72. The van der Waals surface area contributed by atoms with Crippen molar-refractivity contribution in [3.05, 3.63) is 38.9 Å². The standard InChI is InChI=1S/C15H13Cl2N3OS/c1-7-8(2)22-14-12(7)13(19-15(17)20-14)18-11-6-9(21-3)4-5-10(11)16/h4-6H,1-3H3,(H,18,19,20). The SMILES string of the molecule is COc1ccc(Cl)c(Nc2nc(Cl)nc3sc(C)c(C)c23)c1. The molecular formula is C15H13Cl2N3OS. The molecule has 0 saturated heterocycles. The maximum absolute atomic E-state index is 6.25. The van der Waals surface area contributed by atoms with E-state index in [0.29, 0.717) is 22.3 Å². The molecule has 3 rings (SSSR count). The fourth-order valence-corrected chi connectivity index (χ4v) is 3.58. The Morgan fingerprint density at radius 1 is 1.18 bits per heavy atom. The highest BCUT2D eigenvalue weighted by atomic mass is 35.5. The van der Waals surface area contributed by atoms with Gasteiger partial charge < -0.3 is 10.1 Å². The van der Waals surface area contributed by atoms with Crippen molar-refractivity contribution in [1.82, 2.24) is 9.97 Å². The van der Waals surface area contributed by atoms with Crippen LogP contribution in [0.3, 0.4) is 0 Å². The van der Waals surface area contributed by atoms with Crippen molar-refractivity contribution in [3.8, 4) is 5.75 Å². The highest BCUT2D eigenvalue weighted by Gasteiger charge is 2.15. The fourth-order valence-electron chi connectivity index (χ4n) is 2.17. The van der Waals surface area contributed by atoms with Gasteiger partial charge in [-0.15, -0.1) is 11.3 Å². The predicted octanol–water partition coefficient (Wildman–Crippen LogP) is 5.37. The normalized spacial score (nSPS) is 11.0. The Balaban J connectivity index is 2.15. The number of nitrogens with zero attached hydrogens (tertiary/aromatic N) is 2. The molecule has 0 amide bonds. The van der Waals surface area contributed by atoms with Gasteiger partial charge in [0.15, 0.2) is 0 Å². The van der Waals surface area contributed by atoms with Crippen LogP contribution in [0.5, 0.6) is 5.75 Å². The summed E-state index contributed by atoms with van der Waals surface area (Å²) in [4.78, 5) is 10.7. The molecule has 0 spiro atoms. The quantitative estimate of drug-likeness (QED) is 0.643. The molecule has 3 aromatic rings. The largest absolute Gasteiger partial charge is 0.497 e. The van der Waals surface area contributed by atoms with E-state index in [2.05, 4.69) is 22.2 Å². The van der Waals surface area contributed by atoms with E-state index in [0.717, 1.165) is 15.8 Å². The van der Waals surface area contributed by atoms with Crippen molar-refractivity contribution >= 4 is 56.3 Å². The van der Waals surface area contributed by atoms with E-state index in [1.165, 1.54) is 4.88 Å². The summed E-state index contributed by atoms with van der Waals surface area (Å²) in [5, 5.41) is 4.99. The zero-order chi connectivity index (χ0) is 15.9. The Kier molecular flexibility index (Phi) is 4.12.